The number of hydrogen-bond donors (Lipinski definition) is 1. The first-order valence-corrected chi connectivity index (χ1v) is 4.61. The second-order valence-electron chi connectivity index (χ2n) is 3.08. The zero-order valence-electron chi connectivity index (χ0n) is 8.29. The van der Waals surface area contributed by atoms with Gasteiger partial charge in [0.2, 0.25) is 0 Å². The van der Waals surface area contributed by atoms with E-state index in [-0.39, 0.29) is 0 Å². The van der Waals surface area contributed by atoms with Gasteiger partial charge in [-0.25, -0.2) is 0 Å². The number of nitrogens with one attached hydrogen (secondary N) is 1. The highest BCUT2D eigenvalue weighted by Crippen LogP contribution is 1.98. The van der Waals surface area contributed by atoms with Crippen LogP contribution in [-0.4, -0.2) is 36.7 Å². The Morgan fingerprint density at radius 1 is 1.62 bits per heavy atom. The molecule has 0 aliphatic carbocycles. The first-order chi connectivity index (χ1) is 6.33. The lowest BCUT2D eigenvalue weighted by Crippen LogP contribution is -2.28. The van der Waals surface area contributed by atoms with Crippen molar-refractivity contribution in [1.82, 2.24) is 15.4 Å². The minimum Gasteiger partial charge on any atom is -0.364 e. The zero-order chi connectivity index (χ0) is 9.52. The molecular weight excluding hydrogens is 166 g/mol. The molecule has 74 valence electrons. The van der Waals surface area contributed by atoms with Crippen LogP contribution in [0.1, 0.15) is 12.6 Å². The molecule has 13 heavy (non-hydrogen) atoms. The third-order valence-electron chi connectivity index (χ3n) is 1.84. The van der Waals surface area contributed by atoms with Crippen LogP contribution in [-0.2, 0) is 6.54 Å². The summed E-state index contributed by atoms with van der Waals surface area (Å²) in [5.74, 6) is 0. The molecule has 0 radical (unpaired) electrons. The normalized spacial score (nSPS) is 11.0. The topological polar surface area (TPSA) is 41.3 Å². The van der Waals surface area contributed by atoms with Gasteiger partial charge in [-0.3, -0.25) is 4.90 Å². The molecule has 0 bridgehead atoms. The van der Waals surface area contributed by atoms with E-state index in [0.29, 0.717) is 0 Å². The molecule has 0 amide bonds. The number of likely N-dealkylation sites (N-methyl/N-ethyl adjacent to an activating group) is 2. The highest BCUT2D eigenvalue weighted by Gasteiger charge is 2.01. The standard InChI is InChI=1S/C9H17N3O/c1-3-10-5-6-12(2)8-9-4-7-13-11-9/h4,7,10H,3,5-6,8H2,1-2H3. The Balaban J connectivity index is 2.14. The summed E-state index contributed by atoms with van der Waals surface area (Å²) in [4.78, 5) is 2.21. The lowest BCUT2D eigenvalue weighted by Gasteiger charge is -2.14. The van der Waals surface area contributed by atoms with E-state index in [1.165, 1.54) is 0 Å². The minimum absolute atomic E-state index is 0.849. The van der Waals surface area contributed by atoms with Crippen molar-refractivity contribution in [2.24, 2.45) is 0 Å². The number of aromatic nitrogens is 1. The van der Waals surface area contributed by atoms with Crippen LogP contribution in [0.4, 0.5) is 0 Å². The highest BCUT2D eigenvalue weighted by atomic mass is 16.5. The average Bonchev–Trinajstić information content (AvgIpc) is 2.57. The Bertz CT molecular complexity index is 211. The van der Waals surface area contributed by atoms with Crippen LogP contribution in [0.3, 0.4) is 0 Å². The quantitative estimate of drug-likeness (QED) is 0.660. The van der Waals surface area contributed by atoms with Gasteiger partial charge in [0.15, 0.2) is 0 Å². The van der Waals surface area contributed by atoms with Gasteiger partial charge >= 0.3 is 0 Å². The van der Waals surface area contributed by atoms with Crippen molar-refractivity contribution < 1.29 is 4.52 Å². The van der Waals surface area contributed by atoms with E-state index in [0.717, 1.165) is 31.9 Å². The number of nitrogens with zero attached hydrogens (tertiary/aromatic N) is 2. The van der Waals surface area contributed by atoms with E-state index in [9.17, 15) is 0 Å². The van der Waals surface area contributed by atoms with Gasteiger partial charge in [0, 0.05) is 25.7 Å². The van der Waals surface area contributed by atoms with Crippen LogP contribution in [0.5, 0.6) is 0 Å². The molecule has 1 rings (SSSR count). The van der Waals surface area contributed by atoms with Crippen LogP contribution in [0.15, 0.2) is 16.9 Å². The first kappa shape index (κ1) is 10.2. The van der Waals surface area contributed by atoms with Crippen molar-refractivity contribution in [2.75, 3.05) is 26.7 Å². The van der Waals surface area contributed by atoms with Crippen LogP contribution in [0, 0.1) is 0 Å². The molecule has 0 saturated heterocycles. The highest BCUT2D eigenvalue weighted by molar-refractivity contribution is 4.94. The molecule has 0 atom stereocenters. The van der Waals surface area contributed by atoms with E-state index in [1.54, 1.807) is 6.26 Å². The summed E-state index contributed by atoms with van der Waals surface area (Å²) < 4.78 is 4.75. The number of rotatable bonds is 6. The summed E-state index contributed by atoms with van der Waals surface area (Å²) in [5, 5.41) is 7.12. The first-order valence-electron chi connectivity index (χ1n) is 4.61. The Kier molecular flexibility index (Phi) is 4.49. The van der Waals surface area contributed by atoms with E-state index in [1.807, 2.05) is 6.07 Å². The Morgan fingerprint density at radius 3 is 3.08 bits per heavy atom. The fraction of sp³-hybridized carbons (Fsp3) is 0.667. The van der Waals surface area contributed by atoms with Crippen molar-refractivity contribution in [2.45, 2.75) is 13.5 Å². The maximum Gasteiger partial charge on any atom is 0.124 e. The third-order valence-corrected chi connectivity index (χ3v) is 1.84. The van der Waals surface area contributed by atoms with Crippen LogP contribution in [0.25, 0.3) is 0 Å². The monoisotopic (exact) mass is 183 g/mol. The fourth-order valence-electron chi connectivity index (χ4n) is 1.12. The van der Waals surface area contributed by atoms with E-state index in [4.69, 9.17) is 4.52 Å². The van der Waals surface area contributed by atoms with Crippen LogP contribution in [0.2, 0.25) is 0 Å². The average molecular weight is 183 g/mol. The zero-order valence-corrected chi connectivity index (χ0v) is 8.29. The summed E-state index contributed by atoms with van der Waals surface area (Å²) >= 11 is 0. The maximum atomic E-state index is 4.75. The molecule has 0 saturated carbocycles. The Morgan fingerprint density at radius 2 is 2.46 bits per heavy atom. The van der Waals surface area contributed by atoms with Gasteiger partial charge in [-0.15, -0.1) is 0 Å². The molecule has 0 aliphatic heterocycles. The molecule has 0 unspecified atom stereocenters. The molecule has 0 aliphatic rings. The molecule has 1 N–H and O–H groups in total. The van der Waals surface area contributed by atoms with Crippen molar-refractivity contribution in [3.05, 3.63) is 18.0 Å². The van der Waals surface area contributed by atoms with Crippen molar-refractivity contribution in [1.29, 1.82) is 0 Å². The molecule has 1 aromatic rings. The molecular formula is C9H17N3O. The predicted octanol–water partition coefficient (Wildman–Crippen LogP) is 0.716. The molecule has 4 heteroatoms. The molecule has 1 aromatic heterocycles. The predicted molar refractivity (Wildman–Crippen MR) is 51.4 cm³/mol. The molecule has 0 aromatic carbocycles. The lowest BCUT2D eigenvalue weighted by atomic mass is 10.4. The second-order valence-corrected chi connectivity index (χ2v) is 3.08. The van der Waals surface area contributed by atoms with E-state index < -0.39 is 0 Å². The second kappa shape index (κ2) is 5.72. The van der Waals surface area contributed by atoms with Gasteiger partial charge in [0.25, 0.3) is 0 Å². The Hall–Kier alpha value is -0.870. The van der Waals surface area contributed by atoms with Gasteiger partial charge in [0.05, 0.1) is 5.69 Å². The third kappa shape index (κ3) is 4.05. The number of hydrogen-bond acceptors (Lipinski definition) is 4. The lowest BCUT2D eigenvalue weighted by molar-refractivity contribution is 0.310. The summed E-state index contributed by atoms with van der Waals surface area (Å²) in [6, 6.07) is 1.89. The van der Waals surface area contributed by atoms with Crippen molar-refractivity contribution >= 4 is 0 Å². The van der Waals surface area contributed by atoms with Crippen LogP contribution < -0.4 is 5.32 Å². The summed E-state index contributed by atoms with van der Waals surface area (Å²) in [6.45, 7) is 6.03. The summed E-state index contributed by atoms with van der Waals surface area (Å²) in [5.41, 5.74) is 0.985. The molecule has 4 nitrogen and oxygen atoms in total. The van der Waals surface area contributed by atoms with Crippen molar-refractivity contribution in [3.8, 4) is 0 Å². The SMILES string of the molecule is CCNCCN(C)Cc1ccon1. The molecule has 0 fully saturated rings. The van der Waals surface area contributed by atoms with E-state index >= 15 is 0 Å². The minimum atomic E-state index is 0.849. The van der Waals surface area contributed by atoms with Gasteiger partial charge in [-0.05, 0) is 13.6 Å². The molecule has 1 heterocycles. The summed E-state index contributed by atoms with van der Waals surface area (Å²) in [6.07, 6.45) is 1.60. The fourth-order valence-corrected chi connectivity index (χ4v) is 1.12. The van der Waals surface area contributed by atoms with Gasteiger partial charge in [0.1, 0.15) is 6.26 Å². The van der Waals surface area contributed by atoms with Gasteiger partial charge < -0.3 is 9.84 Å². The van der Waals surface area contributed by atoms with Gasteiger partial charge in [-0.2, -0.15) is 0 Å². The largest absolute Gasteiger partial charge is 0.364 e. The smallest absolute Gasteiger partial charge is 0.124 e. The Labute approximate surface area is 78.9 Å². The maximum absolute atomic E-state index is 4.75. The molecule has 0 spiro atoms. The van der Waals surface area contributed by atoms with Crippen LogP contribution >= 0.6 is 0 Å². The van der Waals surface area contributed by atoms with Gasteiger partial charge in [-0.1, -0.05) is 12.1 Å². The summed E-state index contributed by atoms with van der Waals surface area (Å²) in [7, 11) is 2.08. The van der Waals surface area contributed by atoms with E-state index in [2.05, 4.69) is 29.3 Å². The van der Waals surface area contributed by atoms with Crippen molar-refractivity contribution in [3.63, 3.8) is 0 Å².